The van der Waals surface area contributed by atoms with Crippen molar-refractivity contribution in [2.75, 3.05) is 45.9 Å². The third-order valence-electron chi connectivity index (χ3n) is 4.79. The number of allylic oxidation sites excluding steroid dienone is 1. The van der Waals surface area contributed by atoms with Crippen LogP contribution in [0.4, 0.5) is 4.39 Å². The molecule has 2 aliphatic rings. The van der Waals surface area contributed by atoms with Gasteiger partial charge in [0.25, 0.3) is 0 Å². The molecule has 0 spiro atoms. The van der Waals surface area contributed by atoms with Crippen molar-refractivity contribution in [2.24, 2.45) is 5.92 Å². The van der Waals surface area contributed by atoms with E-state index in [1.165, 1.54) is 12.1 Å². The van der Waals surface area contributed by atoms with E-state index in [0.29, 0.717) is 12.5 Å². The van der Waals surface area contributed by atoms with Crippen LogP contribution in [0.3, 0.4) is 0 Å². The Labute approximate surface area is 142 Å². The maximum absolute atomic E-state index is 12.9. The smallest absolute Gasteiger partial charge is 0.236 e. The van der Waals surface area contributed by atoms with Gasteiger partial charge in [0.2, 0.25) is 5.91 Å². The van der Waals surface area contributed by atoms with Gasteiger partial charge in [0.05, 0.1) is 19.8 Å². The molecule has 1 aromatic rings. The van der Waals surface area contributed by atoms with E-state index in [1.807, 2.05) is 4.90 Å². The normalized spacial score (nSPS) is 20.6. The fourth-order valence-corrected chi connectivity index (χ4v) is 3.21. The fraction of sp³-hybridized carbons (Fsp3) is 0.526. The Bertz CT molecular complexity index is 559. The van der Waals surface area contributed by atoms with Crippen molar-refractivity contribution in [3.8, 4) is 0 Å². The number of halogens is 1. The van der Waals surface area contributed by atoms with Crippen molar-refractivity contribution < 1.29 is 13.9 Å². The summed E-state index contributed by atoms with van der Waals surface area (Å²) in [4.78, 5) is 16.5. The molecular weight excluding hydrogens is 307 g/mol. The fourth-order valence-electron chi connectivity index (χ4n) is 3.21. The molecule has 0 atom stereocenters. The summed E-state index contributed by atoms with van der Waals surface area (Å²) in [7, 11) is 0. The number of rotatable bonds is 4. The number of ether oxygens (including phenoxy) is 1. The Morgan fingerprint density at radius 3 is 2.46 bits per heavy atom. The maximum atomic E-state index is 12.9. The molecule has 3 rings (SSSR count). The van der Waals surface area contributed by atoms with Gasteiger partial charge in [-0.2, -0.15) is 0 Å². The first-order valence-corrected chi connectivity index (χ1v) is 8.72. The van der Waals surface area contributed by atoms with Crippen LogP contribution in [0.1, 0.15) is 18.4 Å². The maximum Gasteiger partial charge on any atom is 0.236 e. The van der Waals surface area contributed by atoms with Gasteiger partial charge in [-0.25, -0.2) is 4.39 Å². The van der Waals surface area contributed by atoms with Gasteiger partial charge in [0.1, 0.15) is 5.82 Å². The van der Waals surface area contributed by atoms with Crippen LogP contribution in [0.25, 0.3) is 6.08 Å². The largest absolute Gasteiger partial charge is 0.379 e. The SMILES string of the molecule is O=C(CN1CCOCC1)N1CCC(/C=C\c2ccc(F)cc2)CC1. The van der Waals surface area contributed by atoms with E-state index >= 15 is 0 Å². The highest BCUT2D eigenvalue weighted by molar-refractivity contribution is 5.78. The van der Waals surface area contributed by atoms with E-state index in [0.717, 1.165) is 57.8 Å². The lowest BCUT2D eigenvalue weighted by atomic mass is 9.95. The van der Waals surface area contributed by atoms with E-state index in [-0.39, 0.29) is 11.7 Å². The number of carbonyl (C=O) groups excluding carboxylic acids is 1. The molecule has 2 saturated heterocycles. The number of nitrogens with zero attached hydrogens (tertiary/aromatic N) is 2. The number of hydrogen-bond donors (Lipinski definition) is 0. The number of likely N-dealkylation sites (tertiary alicyclic amines) is 1. The van der Waals surface area contributed by atoms with E-state index < -0.39 is 0 Å². The summed E-state index contributed by atoms with van der Waals surface area (Å²) in [5.74, 6) is 0.514. The second kappa shape index (κ2) is 8.40. The second-order valence-electron chi connectivity index (χ2n) is 6.52. The Kier molecular flexibility index (Phi) is 5.99. The molecule has 2 fully saturated rings. The first kappa shape index (κ1) is 17.1. The van der Waals surface area contributed by atoms with Crippen molar-refractivity contribution in [1.29, 1.82) is 0 Å². The third kappa shape index (κ3) is 4.89. The minimum Gasteiger partial charge on any atom is -0.379 e. The molecule has 24 heavy (non-hydrogen) atoms. The number of carbonyl (C=O) groups is 1. The van der Waals surface area contributed by atoms with Gasteiger partial charge >= 0.3 is 0 Å². The van der Waals surface area contributed by atoms with Crippen LogP contribution in [0.15, 0.2) is 30.3 Å². The molecule has 1 amide bonds. The van der Waals surface area contributed by atoms with Crippen molar-refractivity contribution in [1.82, 2.24) is 9.80 Å². The Hall–Kier alpha value is -1.72. The highest BCUT2D eigenvalue weighted by Gasteiger charge is 2.23. The Morgan fingerprint density at radius 1 is 1.12 bits per heavy atom. The monoisotopic (exact) mass is 332 g/mol. The minimum atomic E-state index is -0.209. The lowest BCUT2D eigenvalue weighted by Crippen LogP contribution is -2.46. The van der Waals surface area contributed by atoms with Crippen LogP contribution < -0.4 is 0 Å². The van der Waals surface area contributed by atoms with Gasteiger partial charge in [-0.05, 0) is 36.5 Å². The highest BCUT2D eigenvalue weighted by Crippen LogP contribution is 2.20. The van der Waals surface area contributed by atoms with Crippen molar-refractivity contribution in [3.63, 3.8) is 0 Å². The van der Waals surface area contributed by atoms with Gasteiger partial charge < -0.3 is 9.64 Å². The molecule has 4 nitrogen and oxygen atoms in total. The molecule has 0 N–H and O–H groups in total. The standard InChI is InChI=1S/C19H25FN2O2/c20-18-5-3-16(4-6-18)1-2-17-7-9-22(10-8-17)19(23)15-21-11-13-24-14-12-21/h1-6,17H,7-15H2/b2-1-. The number of piperidine rings is 1. The number of benzene rings is 1. The second-order valence-corrected chi connectivity index (χ2v) is 6.52. The summed E-state index contributed by atoms with van der Waals surface area (Å²) in [5, 5.41) is 0. The summed E-state index contributed by atoms with van der Waals surface area (Å²) >= 11 is 0. The van der Waals surface area contributed by atoms with Crippen LogP contribution in [-0.2, 0) is 9.53 Å². The lowest BCUT2D eigenvalue weighted by Gasteiger charge is -2.33. The minimum absolute atomic E-state index is 0.209. The molecule has 2 aliphatic heterocycles. The summed E-state index contributed by atoms with van der Waals surface area (Å²) in [6.07, 6.45) is 6.23. The lowest BCUT2D eigenvalue weighted by molar-refractivity contribution is -0.134. The molecule has 0 aromatic heterocycles. The first-order valence-electron chi connectivity index (χ1n) is 8.72. The van der Waals surface area contributed by atoms with Gasteiger partial charge in [0, 0.05) is 26.2 Å². The van der Waals surface area contributed by atoms with Gasteiger partial charge in [0.15, 0.2) is 0 Å². The number of morpholine rings is 1. The summed E-state index contributed by atoms with van der Waals surface area (Å²) in [6, 6.07) is 6.53. The third-order valence-corrected chi connectivity index (χ3v) is 4.79. The van der Waals surface area contributed by atoms with Gasteiger partial charge in [-0.1, -0.05) is 24.3 Å². The van der Waals surface area contributed by atoms with E-state index in [9.17, 15) is 9.18 Å². The average molecular weight is 332 g/mol. The zero-order valence-electron chi connectivity index (χ0n) is 14.0. The molecule has 0 radical (unpaired) electrons. The summed E-state index contributed by atoms with van der Waals surface area (Å²) in [6.45, 7) is 5.31. The number of hydrogen-bond acceptors (Lipinski definition) is 3. The average Bonchev–Trinajstić information content (AvgIpc) is 2.62. The highest BCUT2D eigenvalue weighted by atomic mass is 19.1. The van der Waals surface area contributed by atoms with Crippen LogP contribution in [0, 0.1) is 11.7 Å². The zero-order chi connectivity index (χ0) is 16.8. The van der Waals surface area contributed by atoms with Crippen LogP contribution >= 0.6 is 0 Å². The topological polar surface area (TPSA) is 32.8 Å². The van der Waals surface area contributed by atoms with Gasteiger partial charge in [-0.15, -0.1) is 0 Å². The molecule has 5 heteroatoms. The molecule has 0 aliphatic carbocycles. The quantitative estimate of drug-likeness (QED) is 0.849. The zero-order valence-corrected chi connectivity index (χ0v) is 14.0. The summed E-state index contributed by atoms with van der Waals surface area (Å²) in [5.41, 5.74) is 1.02. The molecular formula is C19H25FN2O2. The van der Waals surface area contributed by atoms with Crippen LogP contribution in [-0.4, -0.2) is 61.6 Å². The van der Waals surface area contributed by atoms with Crippen LogP contribution in [0.5, 0.6) is 0 Å². The van der Waals surface area contributed by atoms with E-state index in [2.05, 4.69) is 17.1 Å². The van der Waals surface area contributed by atoms with Crippen molar-refractivity contribution in [3.05, 3.63) is 41.7 Å². The van der Waals surface area contributed by atoms with E-state index in [4.69, 9.17) is 4.74 Å². The molecule has 0 bridgehead atoms. The van der Waals surface area contributed by atoms with Crippen molar-refractivity contribution >= 4 is 12.0 Å². The van der Waals surface area contributed by atoms with Gasteiger partial charge in [-0.3, -0.25) is 9.69 Å². The predicted molar refractivity (Wildman–Crippen MR) is 92.0 cm³/mol. The predicted octanol–water partition coefficient (Wildman–Crippen LogP) is 2.41. The molecule has 1 aromatic carbocycles. The number of amides is 1. The first-order chi connectivity index (χ1) is 11.7. The molecule has 0 saturated carbocycles. The molecule has 130 valence electrons. The molecule has 2 heterocycles. The van der Waals surface area contributed by atoms with Crippen LogP contribution in [0.2, 0.25) is 0 Å². The summed E-state index contributed by atoms with van der Waals surface area (Å²) < 4.78 is 18.2. The Morgan fingerprint density at radius 2 is 1.79 bits per heavy atom. The van der Waals surface area contributed by atoms with E-state index in [1.54, 1.807) is 12.1 Å². The Balaban J connectivity index is 1.43. The molecule has 0 unspecified atom stereocenters. The van der Waals surface area contributed by atoms with Crippen molar-refractivity contribution in [2.45, 2.75) is 12.8 Å².